The summed E-state index contributed by atoms with van der Waals surface area (Å²) >= 11 is 6.08. The monoisotopic (exact) mass is 248 g/mol. The van der Waals surface area contributed by atoms with Gasteiger partial charge in [0.05, 0.1) is 16.3 Å². The van der Waals surface area contributed by atoms with Gasteiger partial charge in [-0.15, -0.1) is 0 Å². The van der Waals surface area contributed by atoms with Crippen LogP contribution in [0.1, 0.15) is 32.3 Å². The number of halogens is 1. The predicted octanol–water partition coefficient (Wildman–Crippen LogP) is 3.84. The minimum absolute atomic E-state index is 0.467. The number of nitrogens with zero attached hydrogens (tertiary/aromatic N) is 2. The molecule has 1 fully saturated rings. The molecule has 1 aliphatic rings. The summed E-state index contributed by atoms with van der Waals surface area (Å²) in [5.74, 6) is 0.661. The molecule has 1 aromatic rings. The van der Waals surface area contributed by atoms with Gasteiger partial charge in [0, 0.05) is 12.6 Å². The normalized spacial score (nSPS) is 24.5. The minimum atomic E-state index is 0.467. The van der Waals surface area contributed by atoms with Crippen molar-refractivity contribution >= 4 is 17.3 Å². The lowest BCUT2D eigenvalue weighted by Gasteiger charge is -2.40. The molecule has 90 valence electrons. The third-order valence-electron chi connectivity index (χ3n) is 3.79. The molecular formula is C14H17ClN2. The summed E-state index contributed by atoms with van der Waals surface area (Å²) in [5, 5.41) is 9.77. The maximum atomic E-state index is 9.22. The molecule has 0 spiro atoms. The third-order valence-corrected chi connectivity index (χ3v) is 4.10. The molecule has 3 heteroatoms. The Morgan fingerprint density at radius 1 is 1.41 bits per heavy atom. The van der Waals surface area contributed by atoms with Gasteiger partial charge in [-0.3, -0.25) is 0 Å². The minimum Gasteiger partial charge on any atom is -0.367 e. The zero-order chi connectivity index (χ0) is 12.4. The number of benzene rings is 1. The van der Waals surface area contributed by atoms with E-state index < -0.39 is 0 Å². The van der Waals surface area contributed by atoms with E-state index in [0.717, 1.165) is 12.2 Å². The largest absolute Gasteiger partial charge is 0.367 e. The van der Waals surface area contributed by atoms with Gasteiger partial charge in [-0.1, -0.05) is 24.6 Å². The fourth-order valence-electron chi connectivity index (χ4n) is 2.54. The standard InChI is InChI=1S/C14H17ClN2/c1-10-5-4-8-17(11(10)2)14-7-3-6-13(15)12(14)9-16/h3,6-7,10-11H,4-5,8H2,1-2H3. The van der Waals surface area contributed by atoms with E-state index in [2.05, 4.69) is 24.8 Å². The molecule has 1 heterocycles. The van der Waals surface area contributed by atoms with E-state index in [4.69, 9.17) is 11.6 Å². The predicted molar refractivity (Wildman–Crippen MR) is 71.4 cm³/mol. The second-order valence-corrected chi connectivity index (χ2v) is 5.21. The summed E-state index contributed by atoms with van der Waals surface area (Å²) in [5.41, 5.74) is 1.59. The molecule has 17 heavy (non-hydrogen) atoms. The molecule has 2 rings (SSSR count). The smallest absolute Gasteiger partial charge is 0.103 e. The summed E-state index contributed by atoms with van der Waals surface area (Å²) in [6.07, 6.45) is 2.45. The third kappa shape index (κ3) is 2.25. The molecule has 1 aromatic carbocycles. The summed E-state index contributed by atoms with van der Waals surface area (Å²) < 4.78 is 0. The molecule has 0 aliphatic carbocycles. The highest BCUT2D eigenvalue weighted by Crippen LogP contribution is 2.33. The Morgan fingerprint density at radius 2 is 2.18 bits per heavy atom. The molecule has 0 radical (unpaired) electrons. The molecule has 0 bridgehead atoms. The summed E-state index contributed by atoms with van der Waals surface area (Å²) in [7, 11) is 0. The number of hydrogen-bond donors (Lipinski definition) is 0. The fraction of sp³-hybridized carbons (Fsp3) is 0.500. The van der Waals surface area contributed by atoms with E-state index in [9.17, 15) is 5.26 Å². The number of rotatable bonds is 1. The van der Waals surface area contributed by atoms with Gasteiger partial charge in [-0.2, -0.15) is 5.26 Å². The Hall–Kier alpha value is -1.20. The highest BCUT2D eigenvalue weighted by Gasteiger charge is 2.26. The van der Waals surface area contributed by atoms with E-state index in [0.29, 0.717) is 22.5 Å². The van der Waals surface area contributed by atoms with Crippen molar-refractivity contribution in [1.82, 2.24) is 0 Å². The Bertz CT molecular complexity index is 450. The van der Waals surface area contributed by atoms with Gasteiger partial charge in [0.1, 0.15) is 6.07 Å². The van der Waals surface area contributed by atoms with Crippen molar-refractivity contribution in [2.75, 3.05) is 11.4 Å². The first kappa shape index (κ1) is 12.3. The van der Waals surface area contributed by atoms with Gasteiger partial charge < -0.3 is 4.90 Å². The van der Waals surface area contributed by atoms with Crippen LogP contribution in [0.4, 0.5) is 5.69 Å². The number of hydrogen-bond acceptors (Lipinski definition) is 2. The van der Waals surface area contributed by atoms with Gasteiger partial charge >= 0.3 is 0 Å². The highest BCUT2D eigenvalue weighted by molar-refractivity contribution is 6.32. The van der Waals surface area contributed by atoms with E-state index in [-0.39, 0.29) is 0 Å². The van der Waals surface area contributed by atoms with E-state index in [1.807, 2.05) is 12.1 Å². The first-order chi connectivity index (χ1) is 8.15. The SMILES string of the molecule is CC1CCCN(c2cccc(Cl)c2C#N)C1C. The molecule has 2 atom stereocenters. The average Bonchev–Trinajstić information content (AvgIpc) is 2.32. The van der Waals surface area contributed by atoms with Crippen molar-refractivity contribution in [2.45, 2.75) is 32.7 Å². The van der Waals surface area contributed by atoms with Crippen LogP contribution in [0.15, 0.2) is 18.2 Å². The second-order valence-electron chi connectivity index (χ2n) is 4.80. The van der Waals surface area contributed by atoms with Crippen molar-refractivity contribution < 1.29 is 0 Å². The van der Waals surface area contributed by atoms with Crippen LogP contribution in [0.3, 0.4) is 0 Å². The van der Waals surface area contributed by atoms with E-state index in [1.165, 1.54) is 12.8 Å². The summed E-state index contributed by atoms with van der Waals surface area (Å²) in [4.78, 5) is 2.32. The number of nitriles is 1. The van der Waals surface area contributed by atoms with Crippen LogP contribution in [0.2, 0.25) is 5.02 Å². The molecule has 1 saturated heterocycles. The van der Waals surface area contributed by atoms with Crippen LogP contribution in [-0.4, -0.2) is 12.6 Å². The molecule has 0 saturated carbocycles. The average molecular weight is 249 g/mol. The summed E-state index contributed by atoms with van der Waals surface area (Å²) in [6.45, 7) is 5.51. The topological polar surface area (TPSA) is 27.0 Å². The first-order valence-electron chi connectivity index (χ1n) is 6.10. The molecule has 0 amide bonds. The van der Waals surface area contributed by atoms with E-state index in [1.54, 1.807) is 6.07 Å². The highest BCUT2D eigenvalue weighted by atomic mass is 35.5. The van der Waals surface area contributed by atoms with Crippen LogP contribution < -0.4 is 4.90 Å². The zero-order valence-electron chi connectivity index (χ0n) is 10.3. The van der Waals surface area contributed by atoms with Gasteiger partial charge in [-0.05, 0) is 37.8 Å². The van der Waals surface area contributed by atoms with Crippen molar-refractivity contribution in [1.29, 1.82) is 5.26 Å². The molecular weight excluding hydrogens is 232 g/mol. The lowest BCUT2D eigenvalue weighted by molar-refractivity contribution is 0.363. The fourth-order valence-corrected chi connectivity index (χ4v) is 2.75. The quantitative estimate of drug-likeness (QED) is 0.755. The molecule has 1 aliphatic heterocycles. The second kappa shape index (κ2) is 4.98. The van der Waals surface area contributed by atoms with Gasteiger partial charge in [0.2, 0.25) is 0 Å². The molecule has 0 aromatic heterocycles. The Morgan fingerprint density at radius 3 is 2.88 bits per heavy atom. The lowest BCUT2D eigenvalue weighted by atomic mass is 9.91. The Kier molecular flexibility index (Phi) is 3.59. The molecule has 2 unspecified atom stereocenters. The lowest BCUT2D eigenvalue weighted by Crippen LogP contribution is -2.42. The van der Waals surface area contributed by atoms with Gasteiger partial charge in [0.15, 0.2) is 0 Å². The maximum absolute atomic E-state index is 9.22. The van der Waals surface area contributed by atoms with Crippen molar-refractivity contribution in [2.24, 2.45) is 5.92 Å². The van der Waals surface area contributed by atoms with Crippen LogP contribution in [-0.2, 0) is 0 Å². The first-order valence-corrected chi connectivity index (χ1v) is 6.48. The van der Waals surface area contributed by atoms with Gasteiger partial charge in [0.25, 0.3) is 0 Å². The number of anilines is 1. The summed E-state index contributed by atoms with van der Waals surface area (Å²) in [6, 6.07) is 8.39. The Labute approximate surface area is 108 Å². The van der Waals surface area contributed by atoms with Crippen molar-refractivity contribution in [3.63, 3.8) is 0 Å². The molecule has 2 nitrogen and oxygen atoms in total. The van der Waals surface area contributed by atoms with Crippen LogP contribution in [0.25, 0.3) is 0 Å². The van der Waals surface area contributed by atoms with E-state index >= 15 is 0 Å². The van der Waals surface area contributed by atoms with Crippen LogP contribution in [0, 0.1) is 17.2 Å². The van der Waals surface area contributed by atoms with Crippen molar-refractivity contribution in [3.05, 3.63) is 28.8 Å². The van der Waals surface area contributed by atoms with Crippen molar-refractivity contribution in [3.8, 4) is 6.07 Å². The van der Waals surface area contributed by atoms with Crippen LogP contribution in [0.5, 0.6) is 0 Å². The Balaban J connectivity index is 2.40. The maximum Gasteiger partial charge on any atom is 0.103 e. The molecule has 0 N–H and O–H groups in total. The van der Waals surface area contributed by atoms with Crippen LogP contribution >= 0.6 is 11.6 Å². The zero-order valence-corrected chi connectivity index (χ0v) is 11.0. The number of piperidine rings is 1. The van der Waals surface area contributed by atoms with Gasteiger partial charge in [-0.25, -0.2) is 0 Å².